The third kappa shape index (κ3) is 3.50. The minimum absolute atomic E-state index is 0.144. The molecule has 7 nitrogen and oxygen atoms in total. The highest BCUT2D eigenvalue weighted by molar-refractivity contribution is 7.89. The zero-order valence-electron chi connectivity index (χ0n) is 15.1. The van der Waals surface area contributed by atoms with Gasteiger partial charge in [-0.2, -0.15) is 9.29 Å². The van der Waals surface area contributed by atoms with Crippen LogP contribution in [0.5, 0.6) is 5.75 Å². The highest BCUT2D eigenvalue weighted by Crippen LogP contribution is 2.35. The molecule has 0 spiro atoms. The highest BCUT2D eigenvalue weighted by atomic mass is 35.5. The Morgan fingerprint density at radius 1 is 1.21 bits per heavy atom. The van der Waals surface area contributed by atoms with Gasteiger partial charge in [0.05, 0.1) is 12.5 Å². The Bertz CT molecular complexity index is 1090. The summed E-state index contributed by atoms with van der Waals surface area (Å²) in [4.78, 5) is 4.56. The van der Waals surface area contributed by atoms with Gasteiger partial charge in [-0.05, 0) is 31.2 Å². The molecule has 0 bridgehead atoms. The van der Waals surface area contributed by atoms with E-state index in [1.807, 2.05) is 13.0 Å². The fourth-order valence-electron chi connectivity index (χ4n) is 3.01. The van der Waals surface area contributed by atoms with E-state index >= 15 is 0 Å². The summed E-state index contributed by atoms with van der Waals surface area (Å²) in [5, 5.41) is 4.56. The van der Waals surface area contributed by atoms with Gasteiger partial charge in [-0.25, -0.2) is 8.42 Å². The van der Waals surface area contributed by atoms with Crippen LogP contribution < -0.4 is 4.74 Å². The molecule has 28 heavy (non-hydrogen) atoms. The number of aromatic nitrogens is 2. The van der Waals surface area contributed by atoms with E-state index in [2.05, 4.69) is 10.1 Å². The molecule has 9 heteroatoms. The molecular formula is C19H18ClN3O4S. The molecule has 0 unspecified atom stereocenters. The molecule has 0 aliphatic carbocycles. The van der Waals surface area contributed by atoms with Gasteiger partial charge in [0, 0.05) is 23.7 Å². The zero-order valence-corrected chi connectivity index (χ0v) is 16.7. The Labute approximate surface area is 167 Å². The maximum atomic E-state index is 12.9. The van der Waals surface area contributed by atoms with Gasteiger partial charge in [0.15, 0.2) is 0 Å². The van der Waals surface area contributed by atoms with Crippen molar-refractivity contribution in [2.45, 2.75) is 17.7 Å². The predicted molar refractivity (Wildman–Crippen MR) is 104 cm³/mol. The van der Waals surface area contributed by atoms with E-state index in [-0.39, 0.29) is 23.9 Å². The van der Waals surface area contributed by atoms with Gasteiger partial charge in [0.25, 0.3) is 0 Å². The fourth-order valence-corrected chi connectivity index (χ4v) is 4.87. The third-order valence-electron chi connectivity index (χ3n) is 4.49. The molecule has 1 aromatic heterocycles. The first-order valence-electron chi connectivity index (χ1n) is 8.80. The molecule has 2 aromatic carbocycles. The Balaban J connectivity index is 1.49. The molecule has 3 aromatic rings. The number of rotatable bonds is 6. The first-order chi connectivity index (χ1) is 13.5. The lowest BCUT2D eigenvalue weighted by atomic mass is 10.0. The summed E-state index contributed by atoms with van der Waals surface area (Å²) in [5.41, 5.74) is 0.747. The summed E-state index contributed by atoms with van der Waals surface area (Å²) in [6, 6.07) is 13.8. The van der Waals surface area contributed by atoms with Crippen LogP contribution in [0.1, 0.15) is 18.7 Å². The number of ether oxygens (including phenoxy) is 1. The Morgan fingerprint density at radius 2 is 2.00 bits per heavy atom. The molecule has 146 valence electrons. The molecule has 0 amide bonds. The first kappa shape index (κ1) is 18.9. The number of nitrogens with zero attached hydrogens (tertiary/aromatic N) is 3. The van der Waals surface area contributed by atoms with E-state index in [1.54, 1.807) is 42.5 Å². The van der Waals surface area contributed by atoms with Crippen molar-refractivity contribution >= 4 is 21.6 Å². The van der Waals surface area contributed by atoms with Crippen LogP contribution in [0.15, 0.2) is 57.9 Å². The molecular weight excluding hydrogens is 402 g/mol. The van der Waals surface area contributed by atoms with Crippen molar-refractivity contribution in [3.05, 3.63) is 59.4 Å². The van der Waals surface area contributed by atoms with Crippen molar-refractivity contribution < 1.29 is 17.7 Å². The van der Waals surface area contributed by atoms with E-state index in [1.165, 1.54) is 4.31 Å². The number of hydrogen-bond acceptors (Lipinski definition) is 6. The monoisotopic (exact) mass is 419 g/mol. The van der Waals surface area contributed by atoms with Crippen LogP contribution in [0.3, 0.4) is 0 Å². The minimum atomic E-state index is -3.65. The van der Waals surface area contributed by atoms with Crippen molar-refractivity contribution in [2.24, 2.45) is 0 Å². The lowest BCUT2D eigenvalue weighted by Gasteiger charge is -2.36. The number of sulfonamides is 1. The average molecular weight is 420 g/mol. The summed E-state index contributed by atoms with van der Waals surface area (Å²) < 4.78 is 38.0. The minimum Gasteiger partial charge on any atom is -0.492 e. The molecule has 1 saturated heterocycles. The van der Waals surface area contributed by atoms with Crippen molar-refractivity contribution in [2.75, 3.05) is 19.7 Å². The van der Waals surface area contributed by atoms with Crippen molar-refractivity contribution in [3.63, 3.8) is 0 Å². The highest BCUT2D eigenvalue weighted by Gasteiger charge is 2.41. The number of para-hydroxylation sites is 1. The van der Waals surface area contributed by atoms with Gasteiger partial charge < -0.3 is 9.26 Å². The third-order valence-corrected chi connectivity index (χ3v) is 6.59. The Hall–Kier alpha value is -2.42. The SMILES string of the molecule is CCOc1ccccc1S(=O)(=O)N1CC(c2nc(-c3cccc(Cl)c3)no2)C1. The van der Waals surface area contributed by atoms with Gasteiger partial charge in [0.1, 0.15) is 10.6 Å². The molecule has 1 aliphatic heterocycles. The molecule has 1 aliphatic rings. The molecule has 0 radical (unpaired) electrons. The van der Waals surface area contributed by atoms with Crippen LogP contribution in [0, 0.1) is 0 Å². The van der Waals surface area contributed by atoms with Gasteiger partial charge in [-0.1, -0.05) is 41.0 Å². The molecule has 1 fully saturated rings. The smallest absolute Gasteiger partial charge is 0.246 e. The fraction of sp³-hybridized carbons (Fsp3) is 0.263. The summed E-state index contributed by atoms with van der Waals surface area (Å²) in [6.45, 7) is 2.76. The maximum Gasteiger partial charge on any atom is 0.246 e. The lowest BCUT2D eigenvalue weighted by molar-refractivity contribution is 0.216. The van der Waals surface area contributed by atoms with Crippen LogP contribution in [0.2, 0.25) is 5.02 Å². The maximum absolute atomic E-state index is 12.9. The van der Waals surface area contributed by atoms with Gasteiger partial charge in [0.2, 0.25) is 21.7 Å². The van der Waals surface area contributed by atoms with Crippen LogP contribution in [0.25, 0.3) is 11.4 Å². The van der Waals surface area contributed by atoms with Crippen LogP contribution in [-0.2, 0) is 10.0 Å². The van der Waals surface area contributed by atoms with E-state index in [4.69, 9.17) is 20.9 Å². The van der Waals surface area contributed by atoms with Crippen LogP contribution in [-0.4, -0.2) is 42.6 Å². The van der Waals surface area contributed by atoms with Crippen molar-refractivity contribution in [1.29, 1.82) is 0 Å². The number of hydrogen-bond donors (Lipinski definition) is 0. The second-order valence-corrected chi connectivity index (χ2v) is 8.71. The Morgan fingerprint density at radius 3 is 2.75 bits per heavy atom. The van der Waals surface area contributed by atoms with Gasteiger partial charge in [-0.3, -0.25) is 0 Å². The van der Waals surface area contributed by atoms with Gasteiger partial charge in [-0.15, -0.1) is 0 Å². The number of benzene rings is 2. The topological polar surface area (TPSA) is 85.5 Å². The molecule has 4 rings (SSSR count). The second-order valence-electron chi connectivity index (χ2n) is 6.37. The Kier molecular flexibility index (Phi) is 5.09. The first-order valence-corrected chi connectivity index (χ1v) is 10.6. The summed E-state index contributed by atoms with van der Waals surface area (Å²) >= 11 is 6.00. The molecule has 2 heterocycles. The van der Waals surface area contributed by atoms with Crippen LogP contribution >= 0.6 is 11.6 Å². The lowest BCUT2D eigenvalue weighted by Crippen LogP contribution is -2.48. The zero-order chi connectivity index (χ0) is 19.7. The van der Waals surface area contributed by atoms with Crippen LogP contribution in [0.4, 0.5) is 0 Å². The van der Waals surface area contributed by atoms with E-state index < -0.39 is 10.0 Å². The summed E-state index contributed by atoms with van der Waals surface area (Å²) in [6.07, 6.45) is 0. The number of halogens is 1. The predicted octanol–water partition coefficient (Wildman–Crippen LogP) is 3.58. The average Bonchev–Trinajstić information content (AvgIpc) is 3.10. The van der Waals surface area contributed by atoms with Crippen molar-refractivity contribution in [3.8, 4) is 17.1 Å². The molecule has 0 N–H and O–H groups in total. The quantitative estimate of drug-likeness (QED) is 0.607. The summed E-state index contributed by atoms with van der Waals surface area (Å²) in [7, 11) is -3.65. The molecule has 0 atom stereocenters. The second kappa shape index (κ2) is 7.54. The normalized spacial score (nSPS) is 15.4. The summed E-state index contributed by atoms with van der Waals surface area (Å²) in [5.74, 6) is 1.06. The standard InChI is InChI=1S/C19H18ClN3O4S/c1-2-26-16-8-3-4-9-17(16)28(24,25)23-11-14(12-23)19-21-18(22-27-19)13-6-5-7-15(20)10-13/h3-10,14H,2,11-12H2,1H3. The van der Waals surface area contributed by atoms with E-state index in [9.17, 15) is 8.42 Å². The van der Waals surface area contributed by atoms with E-state index in [0.717, 1.165) is 5.56 Å². The van der Waals surface area contributed by atoms with Gasteiger partial charge >= 0.3 is 0 Å². The van der Waals surface area contributed by atoms with E-state index in [0.29, 0.717) is 29.1 Å². The largest absolute Gasteiger partial charge is 0.492 e. The molecule has 0 saturated carbocycles. The van der Waals surface area contributed by atoms with Crippen molar-refractivity contribution in [1.82, 2.24) is 14.4 Å².